The van der Waals surface area contributed by atoms with Gasteiger partial charge in [-0.05, 0) is 6.92 Å². The SMILES string of the molecule is CCOC(=O)CC(=O)N(C)OC(C)=O. The minimum Gasteiger partial charge on any atom is -0.466 e. The number of nitrogens with zero attached hydrogens (tertiary/aromatic N) is 1. The van der Waals surface area contributed by atoms with Crippen LogP contribution < -0.4 is 0 Å². The molecular weight excluding hydrogens is 190 g/mol. The number of carbonyl (C=O) groups excluding carboxylic acids is 3. The molecule has 0 aromatic carbocycles. The summed E-state index contributed by atoms with van der Waals surface area (Å²) >= 11 is 0. The topological polar surface area (TPSA) is 72.9 Å². The molecule has 0 saturated heterocycles. The number of esters is 1. The van der Waals surface area contributed by atoms with Gasteiger partial charge in [-0.2, -0.15) is 5.06 Å². The van der Waals surface area contributed by atoms with E-state index in [1.54, 1.807) is 6.92 Å². The molecule has 0 N–H and O–H groups in total. The van der Waals surface area contributed by atoms with Gasteiger partial charge in [-0.1, -0.05) is 0 Å². The smallest absolute Gasteiger partial charge is 0.329 e. The third-order valence-corrected chi connectivity index (χ3v) is 1.22. The molecule has 0 spiro atoms. The lowest BCUT2D eigenvalue weighted by Crippen LogP contribution is -2.30. The number of hydrogen-bond acceptors (Lipinski definition) is 5. The largest absolute Gasteiger partial charge is 0.466 e. The fourth-order valence-electron chi connectivity index (χ4n) is 0.691. The van der Waals surface area contributed by atoms with E-state index in [1.165, 1.54) is 7.05 Å². The highest BCUT2D eigenvalue weighted by molar-refractivity contribution is 5.94. The van der Waals surface area contributed by atoms with Crippen LogP contribution in [0.1, 0.15) is 20.3 Å². The summed E-state index contributed by atoms with van der Waals surface area (Å²) in [5.74, 6) is -1.89. The lowest BCUT2D eigenvalue weighted by atomic mass is 10.4. The van der Waals surface area contributed by atoms with Crippen molar-refractivity contribution in [2.75, 3.05) is 13.7 Å². The van der Waals surface area contributed by atoms with Gasteiger partial charge in [-0.3, -0.25) is 14.4 Å². The van der Waals surface area contributed by atoms with E-state index in [0.717, 1.165) is 6.92 Å². The zero-order valence-electron chi connectivity index (χ0n) is 8.40. The van der Waals surface area contributed by atoms with Crippen LogP contribution in [0.15, 0.2) is 0 Å². The Morgan fingerprint density at radius 3 is 2.29 bits per heavy atom. The standard InChI is InChI=1S/C8H13NO5/c1-4-13-8(12)5-7(11)9(3)14-6(2)10/h4-5H2,1-3H3. The molecule has 0 fully saturated rings. The molecule has 0 radical (unpaired) electrons. The van der Waals surface area contributed by atoms with Gasteiger partial charge < -0.3 is 9.57 Å². The molecule has 0 aromatic heterocycles. The molecule has 0 atom stereocenters. The van der Waals surface area contributed by atoms with Crippen LogP contribution in [0.4, 0.5) is 0 Å². The van der Waals surface area contributed by atoms with Crippen molar-refractivity contribution < 1.29 is 24.0 Å². The molecule has 0 aromatic rings. The van der Waals surface area contributed by atoms with Gasteiger partial charge in [0.15, 0.2) is 0 Å². The average molecular weight is 203 g/mol. The molecule has 0 unspecified atom stereocenters. The Labute approximate surface area is 81.7 Å². The Balaban J connectivity index is 3.95. The predicted molar refractivity (Wildman–Crippen MR) is 45.8 cm³/mol. The first-order chi connectivity index (χ1) is 6.47. The zero-order chi connectivity index (χ0) is 11.1. The molecule has 1 amide bonds. The first kappa shape index (κ1) is 12.4. The summed E-state index contributed by atoms with van der Waals surface area (Å²) in [4.78, 5) is 36.8. The van der Waals surface area contributed by atoms with Gasteiger partial charge in [0.05, 0.1) is 6.61 Å². The van der Waals surface area contributed by atoms with Crippen molar-refractivity contribution in [3.63, 3.8) is 0 Å². The van der Waals surface area contributed by atoms with Crippen LogP contribution in [0.2, 0.25) is 0 Å². The maximum absolute atomic E-state index is 11.1. The first-order valence-electron chi connectivity index (χ1n) is 4.08. The molecule has 0 heterocycles. The van der Waals surface area contributed by atoms with Crippen molar-refractivity contribution in [1.82, 2.24) is 5.06 Å². The molecule has 6 heteroatoms. The summed E-state index contributed by atoms with van der Waals surface area (Å²) in [6, 6.07) is 0. The van der Waals surface area contributed by atoms with E-state index in [1.807, 2.05) is 0 Å². The van der Waals surface area contributed by atoms with Crippen molar-refractivity contribution in [2.24, 2.45) is 0 Å². The number of hydroxylamine groups is 2. The van der Waals surface area contributed by atoms with Crippen molar-refractivity contribution in [2.45, 2.75) is 20.3 Å². The molecule has 0 aliphatic carbocycles. The summed E-state index contributed by atoms with van der Waals surface area (Å²) in [5.41, 5.74) is 0. The quantitative estimate of drug-likeness (QED) is 0.363. The summed E-state index contributed by atoms with van der Waals surface area (Å²) in [7, 11) is 1.25. The predicted octanol–water partition coefficient (Wildman–Crippen LogP) is -0.124. The van der Waals surface area contributed by atoms with Crippen LogP contribution in [-0.2, 0) is 24.0 Å². The minimum atomic E-state index is -0.642. The number of hydrogen-bond donors (Lipinski definition) is 0. The van der Waals surface area contributed by atoms with Gasteiger partial charge in [0, 0.05) is 14.0 Å². The third kappa shape index (κ3) is 5.13. The highest BCUT2D eigenvalue weighted by atomic mass is 16.7. The van der Waals surface area contributed by atoms with E-state index in [2.05, 4.69) is 9.57 Å². The van der Waals surface area contributed by atoms with Crippen molar-refractivity contribution in [1.29, 1.82) is 0 Å². The molecule has 80 valence electrons. The van der Waals surface area contributed by atoms with Crippen LogP contribution in [0, 0.1) is 0 Å². The highest BCUT2D eigenvalue weighted by Gasteiger charge is 2.16. The molecular formula is C8H13NO5. The van der Waals surface area contributed by atoms with Crippen LogP contribution in [0.25, 0.3) is 0 Å². The Kier molecular flexibility index (Phi) is 5.28. The fraction of sp³-hybridized carbons (Fsp3) is 0.625. The Morgan fingerprint density at radius 2 is 1.86 bits per heavy atom. The summed E-state index contributed by atoms with van der Waals surface area (Å²) in [6.07, 6.45) is -0.433. The van der Waals surface area contributed by atoms with Crippen LogP contribution >= 0.6 is 0 Å². The van der Waals surface area contributed by atoms with Gasteiger partial charge in [0.2, 0.25) is 0 Å². The van der Waals surface area contributed by atoms with Crippen LogP contribution in [-0.4, -0.2) is 36.6 Å². The lowest BCUT2D eigenvalue weighted by molar-refractivity contribution is -0.191. The maximum Gasteiger partial charge on any atom is 0.329 e. The van der Waals surface area contributed by atoms with Crippen molar-refractivity contribution >= 4 is 17.8 Å². The molecule has 0 aliphatic rings. The highest BCUT2D eigenvalue weighted by Crippen LogP contribution is 1.95. The maximum atomic E-state index is 11.1. The van der Waals surface area contributed by atoms with E-state index in [0.29, 0.717) is 5.06 Å². The molecule has 0 rings (SSSR count). The molecule has 0 bridgehead atoms. The second-order valence-electron chi connectivity index (χ2n) is 2.46. The monoisotopic (exact) mass is 203 g/mol. The van der Waals surface area contributed by atoms with Gasteiger partial charge in [-0.15, -0.1) is 0 Å². The third-order valence-electron chi connectivity index (χ3n) is 1.22. The zero-order valence-corrected chi connectivity index (χ0v) is 8.40. The van der Waals surface area contributed by atoms with Gasteiger partial charge >= 0.3 is 11.9 Å². The normalized spacial score (nSPS) is 9.07. The molecule has 0 saturated carbocycles. The molecule has 6 nitrogen and oxygen atoms in total. The van der Waals surface area contributed by atoms with Crippen LogP contribution in [0.5, 0.6) is 0 Å². The fourth-order valence-corrected chi connectivity index (χ4v) is 0.691. The first-order valence-corrected chi connectivity index (χ1v) is 4.08. The summed E-state index contributed by atoms with van der Waals surface area (Å²) in [6.45, 7) is 3.01. The lowest BCUT2D eigenvalue weighted by Gasteiger charge is -2.13. The Bertz CT molecular complexity index is 238. The van der Waals surface area contributed by atoms with Crippen LogP contribution in [0.3, 0.4) is 0 Å². The van der Waals surface area contributed by atoms with Gasteiger partial charge in [0.25, 0.3) is 5.91 Å². The average Bonchev–Trinajstić information content (AvgIpc) is 2.02. The number of amides is 1. The van der Waals surface area contributed by atoms with E-state index < -0.39 is 24.3 Å². The van der Waals surface area contributed by atoms with E-state index in [9.17, 15) is 14.4 Å². The van der Waals surface area contributed by atoms with E-state index in [4.69, 9.17) is 0 Å². The van der Waals surface area contributed by atoms with Crippen molar-refractivity contribution in [3.8, 4) is 0 Å². The minimum absolute atomic E-state index is 0.212. The Hall–Kier alpha value is -1.59. The second-order valence-corrected chi connectivity index (χ2v) is 2.46. The number of carbonyl (C=O) groups is 3. The van der Waals surface area contributed by atoms with Gasteiger partial charge in [0.1, 0.15) is 6.42 Å². The summed E-state index contributed by atoms with van der Waals surface area (Å²) < 4.78 is 4.54. The second kappa shape index (κ2) is 5.95. The number of rotatable bonds is 3. The van der Waals surface area contributed by atoms with Crippen molar-refractivity contribution in [3.05, 3.63) is 0 Å². The molecule has 0 aliphatic heterocycles. The molecule has 14 heavy (non-hydrogen) atoms. The van der Waals surface area contributed by atoms with E-state index in [-0.39, 0.29) is 6.61 Å². The van der Waals surface area contributed by atoms with Gasteiger partial charge in [-0.25, -0.2) is 0 Å². The Morgan fingerprint density at radius 1 is 1.29 bits per heavy atom. The van der Waals surface area contributed by atoms with E-state index >= 15 is 0 Å². The number of ether oxygens (including phenoxy) is 1. The summed E-state index contributed by atoms with van der Waals surface area (Å²) in [5, 5.41) is 0.708.